The number of nitrogens with zero attached hydrogens (tertiary/aromatic N) is 2. The van der Waals surface area contributed by atoms with Crippen molar-refractivity contribution in [3.8, 4) is 0 Å². The number of anilines is 1. The Morgan fingerprint density at radius 1 is 1.02 bits per heavy atom. The minimum absolute atomic E-state index is 0.208. The number of ether oxygens (including phenoxy) is 3. The molecule has 0 unspecified atom stereocenters. The highest BCUT2D eigenvalue weighted by molar-refractivity contribution is 5.96. The zero-order valence-electron chi connectivity index (χ0n) is 32.3. The van der Waals surface area contributed by atoms with Gasteiger partial charge in [0.05, 0.1) is 6.61 Å². The maximum absolute atomic E-state index is 13.4. The second-order valence-electron chi connectivity index (χ2n) is 14.8. The summed E-state index contributed by atoms with van der Waals surface area (Å²) in [5, 5.41) is 6.35. The predicted molar refractivity (Wildman–Crippen MR) is 204 cm³/mol. The van der Waals surface area contributed by atoms with Gasteiger partial charge in [-0.15, -0.1) is 0 Å². The Kier molecular flexibility index (Phi) is 14.9. The first-order valence-corrected chi connectivity index (χ1v) is 18.1. The van der Waals surface area contributed by atoms with Gasteiger partial charge in [0, 0.05) is 47.6 Å². The Bertz CT molecular complexity index is 1600. The lowest BCUT2D eigenvalue weighted by Crippen LogP contribution is -2.44. The maximum Gasteiger partial charge on any atom is 0.422 e. The van der Waals surface area contributed by atoms with E-state index in [2.05, 4.69) is 34.7 Å². The molecule has 0 bridgehead atoms. The number of carbonyl (C=O) groups excluding carboxylic acids is 3. The molecule has 1 aliphatic heterocycles. The molecular weight excluding hydrogens is 644 g/mol. The molecule has 0 spiro atoms. The number of amides is 3. The summed E-state index contributed by atoms with van der Waals surface area (Å²) in [6.07, 6.45) is 12.9. The molecule has 51 heavy (non-hydrogen) atoms. The molecule has 3 rings (SSSR count). The molecule has 3 amide bonds. The summed E-state index contributed by atoms with van der Waals surface area (Å²) in [7, 11) is 0. The first kappa shape index (κ1) is 40.8. The van der Waals surface area contributed by atoms with E-state index in [-0.39, 0.29) is 17.6 Å². The summed E-state index contributed by atoms with van der Waals surface area (Å²) >= 11 is 0. The fourth-order valence-corrected chi connectivity index (χ4v) is 5.34. The van der Waals surface area contributed by atoms with Crippen LogP contribution in [0.1, 0.15) is 113 Å². The van der Waals surface area contributed by atoms with Crippen molar-refractivity contribution in [1.29, 1.82) is 0 Å². The van der Waals surface area contributed by atoms with Crippen LogP contribution in [0.2, 0.25) is 0 Å². The second kappa shape index (κ2) is 18.6. The highest BCUT2D eigenvalue weighted by Crippen LogP contribution is 2.33. The zero-order valence-corrected chi connectivity index (χ0v) is 32.3. The van der Waals surface area contributed by atoms with Crippen LogP contribution in [-0.2, 0) is 25.5 Å². The van der Waals surface area contributed by atoms with Gasteiger partial charge in [-0.2, -0.15) is 4.90 Å². The molecule has 1 aliphatic carbocycles. The van der Waals surface area contributed by atoms with Crippen molar-refractivity contribution < 1.29 is 28.6 Å². The lowest BCUT2D eigenvalue weighted by molar-refractivity contribution is -0.135. The third-order valence-electron chi connectivity index (χ3n) is 8.04. The monoisotopic (exact) mass is 702 g/mol. The summed E-state index contributed by atoms with van der Waals surface area (Å²) in [6.45, 7) is 20.0. The van der Waals surface area contributed by atoms with Crippen molar-refractivity contribution in [3.63, 3.8) is 0 Å². The number of imide groups is 1. The molecule has 1 aromatic carbocycles. The summed E-state index contributed by atoms with van der Waals surface area (Å²) in [4.78, 5) is 44.7. The highest BCUT2D eigenvalue weighted by Gasteiger charge is 2.37. The predicted octanol–water partition coefficient (Wildman–Crippen LogP) is 9.87. The summed E-state index contributed by atoms with van der Waals surface area (Å²) in [5.74, 6) is 0.575. The van der Waals surface area contributed by atoms with E-state index in [1.807, 2.05) is 71.9 Å². The van der Waals surface area contributed by atoms with Gasteiger partial charge in [-0.05, 0) is 116 Å². The van der Waals surface area contributed by atoms with Crippen molar-refractivity contribution in [2.45, 2.75) is 126 Å². The second-order valence-corrected chi connectivity index (χ2v) is 14.8. The summed E-state index contributed by atoms with van der Waals surface area (Å²) in [5.41, 5.74) is 4.22. The molecule has 1 saturated carbocycles. The average molecular weight is 703 g/mol. The number of aliphatic imine (C=N–C) groups is 1. The van der Waals surface area contributed by atoms with Gasteiger partial charge in [0.25, 0.3) is 0 Å². The van der Waals surface area contributed by atoms with Crippen molar-refractivity contribution in [2.75, 3.05) is 11.9 Å². The van der Waals surface area contributed by atoms with E-state index < -0.39 is 23.4 Å². The fraction of sp³-hybridized carbons (Fsp3) is 0.512. The van der Waals surface area contributed by atoms with Crippen LogP contribution >= 0.6 is 0 Å². The standard InChI is InChI=1S/C41H58N4O6/c1-11-13-21-33(28(3)22-24-42-35(16-12-2)45(37(46)31-18-15-19-31)39(48)51-41(8,9)10)36-34(23-25-49-36)29(4)43-27-30-17-14-20-32(26-30)44-38(47)50-40(5,6)7/h13-14,16-17,20-22,24,26,31,43H,11-12,15,18-19,23,25,27H2,1-10H3,(H,44,47)/b21-13+,28-22+,34-29+,35-16-,36-33-,42-24+. The summed E-state index contributed by atoms with van der Waals surface area (Å²) in [6, 6.07) is 7.65. The molecule has 0 aromatic heterocycles. The number of carbonyl (C=O) groups is 3. The van der Waals surface area contributed by atoms with Crippen LogP contribution in [0.4, 0.5) is 15.3 Å². The molecule has 2 N–H and O–H groups in total. The number of allylic oxidation sites excluding steroid dienone is 8. The Labute approximate surface area is 304 Å². The zero-order chi connectivity index (χ0) is 37.8. The van der Waals surface area contributed by atoms with E-state index in [1.165, 1.54) is 0 Å². The fourth-order valence-electron chi connectivity index (χ4n) is 5.34. The Morgan fingerprint density at radius 2 is 1.73 bits per heavy atom. The van der Waals surface area contributed by atoms with Crippen molar-refractivity contribution in [3.05, 3.63) is 88.1 Å². The van der Waals surface area contributed by atoms with Gasteiger partial charge in [-0.3, -0.25) is 10.1 Å². The molecule has 2 fully saturated rings. The number of benzene rings is 1. The first-order valence-electron chi connectivity index (χ1n) is 18.1. The van der Waals surface area contributed by atoms with Crippen LogP contribution in [0.5, 0.6) is 0 Å². The van der Waals surface area contributed by atoms with Crippen molar-refractivity contribution >= 4 is 30.0 Å². The number of hydrogen-bond donors (Lipinski definition) is 2. The smallest absolute Gasteiger partial charge is 0.422 e. The maximum atomic E-state index is 13.4. The molecule has 2 aliphatic rings. The lowest BCUT2D eigenvalue weighted by atomic mass is 9.84. The van der Waals surface area contributed by atoms with Gasteiger partial charge in [0.2, 0.25) is 5.91 Å². The van der Waals surface area contributed by atoms with Gasteiger partial charge >= 0.3 is 12.2 Å². The van der Waals surface area contributed by atoms with Crippen LogP contribution in [0.3, 0.4) is 0 Å². The minimum atomic E-state index is -0.762. The van der Waals surface area contributed by atoms with Crippen molar-refractivity contribution in [2.24, 2.45) is 10.9 Å². The Balaban J connectivity index is 1.88. The molecule has 10 heteroatoms. The molecule has 10 nitrogen and oxygen atoms in total. The van der Waals surface area contributed by atoms with Gasteiger partial charge in [0.1, 0.15) is 22.8 Å². The van der Waals surface area contributed by atoms with E-state index in [9.17, 15) is 14.4 Å². The van der Waals surface area contributed by atoms with Crippen LogP contribution in [0.25, 0.3) is 0 Å². The van der Waals surface area contributed by atoms with Crippen LogP contribution < -0.4 is 10.6 Å². The van der Waals surface area contributed by atoms with Gasteiger partial charge in [0.15, 0.2) is 0 Å². The third kappa shape index (κ3) is 12.9. The SMILES string of the molecule is CC/C=C(/N=C/C=C(C)/C(/C=C/CC)=C1\OCC\C1=C(\C)NCc1cccc(NC(=O)OC(C)(C)C)c1)N(C(=O)OC(C)(C)C)C(=O)C1CCC1. The van der Waals surface area contributed by atoms with E-state index in [4.69, 9.17) is 14.2 Å². The first-order chi connectivity index (χ1) is 24.0. The Hall–Kier alpha value is -4.60. The number of hydrogen-bond acceptors (Lipinski definition) is 8. The molecule has 278 valence electrons. The van der Waals surface area contributed by atoms with Crippen LogP contribution in [0, 0.1) is 5.92 Å². The van der Waals surface area contributed by atoms with E-state index in [0.717, 1.165) is 70.7 Å². The van der Waals surface area contributed by atoms with Gasteiger partial charge in [-0.25, -0.2) is 14.6 Å². The summed E-state index contributed by atoms with van der Waals surface area (Å²) < 4.78 is 17.3. The normalized spacial score (nSPS) is 17.9. The number of nitrogens with one attached hydrogen (secondary N) is 2. The van der Waals surface area contributed by atoms with Gasteiger partial charge in [-0.1, -0.05) is 44.6 Å². The van der Waals surface area contributed by atoms with Gasteiger partial charge < -0.3 is 19.5 Å². The Morgan fingerprint density at radius 3 is 2.33 bits per heavy atom. The van der Waals surface area contributed by atoms with Crippen LogP contribution in [0.15, 0.2) is 87.6 Å². The third-order valence-corrected chi connectivity index (χ3v) is 8.04. The average Bonchev–Trinajstić information content (AvgIpc) is 3.47. The van der Waals surface area contributed by atoms with Crippen molar-refractivity contribution in [1.82, 2.24) is 10.2 Å². The molecule has 0 radical (unpaired) electrons. The lowest BCUT2D eigenvalue weighted by Gasteiger charge is -2.31. The molecular formula is C41H58N4O6. The van der Waals surface area contributed by atoms with E-state index >= 15 is 0 Å². The van der Waals surface area contributed by atoms with E-state index in [0.29, 0.717) is 25.3 Å². The van der Waals surface area contributed by atoms with Crippen LogP contribution in [-0.4, -0.2) is 47.0 Å². The molecule has 1 aromatic rings. The molecule has 0 atom stereocenters. The largest absolute Gasteiger partial charge is 0.492 e. The quantitative estimate of drug-likeness (QED) is 0.208. The van der Waals surface area contributed by atoms with E-state index in [1.54, 1.807) is 33.1 Å². The number of rotatable bonds is 12. The highest BCUT2D eigenvalue weighted by atomic mass is 16.6. The minimum Gasteiger partial charge on any atom is -0.492 e. The topological polar surface area (TPSA) is 119 Å². The molecule has 1 heterocycles. The molecule has 1 saturated heterocycles.